The summed E-state index contributed by atoms with van der Waals surface area (Å²) in [6.07, 6.45) is 0.797. The number of carbonyl (C=O) groups excluding carboxylic acids is 2. The minimum Gasteiger partial charge on any atom is -0.341 e. The average molecular weight is 375 g/mol. The molecule has 7 heteroatoms. The number of hydrogen-bond acceptors (Lipinski definition) is 4. The largest absolute Gasteiger partial charge is 0.341 e. The third-order valence-electron chi connectivity index (χ3n) is 4.35. The van der Waals surface area contributed by atoms with E-state index in [0.717, 1.165) is 6.42 Å². The minimum atomic E-state index is -0.542. The van der Waals surface area contributed by atoms with Crippen LogP contribution in [0.4, 0.5) is 4.39 Å². The number of carbonyl (C=O) groups is 2. The molecule has 1 saturated heterocycles. The summed E-state index contributed by atoms with van der Waals surface area (Å²) in [6, 6.07) is 4.55. The first kappa shape index (κ1) is 20.9. The SMILES string of the molecule is CC(=O)c1ccc(SCC(=O)N2CCC(N)C(C)(C)C2)cc1F.Cl. The van der Waals surface area contributed by atoms with Crippen molar-refractivity contribution in [2.24, 2.45) is 11.1 Å². The summed E-state index contributed by atoms with van der Waals surface area (Å²) in [5.74, 6) is -0.558. The third kappa shape index (κ3) is 4.94. The Labute approximate surface area is 152 Å². The number of nitrogens with two attached hydrogens (primary N) is 1. The summed E-state index contributed by atoms with van der Waals surface area (Å²) >= 11 is 1.28. The second-order valence-electron chi connectivity index (χ2n) is 6.69. The number of halogens is 2. The Kier molecular flexibility index (Phi) is 7.25. The predicted molar refractivity (Wildman–Crippen MR) is 97.3 cm³/mol. The first-order valence-electron chi connectivity index (χ1n) is 7.67. The Morgan fingerprint density at radius 2 is 2.08 bits per heavy atom. The van der Waals surface area contributed by atoms with Crippen LogP contribution in [-0.4, -0.2) is 41.5 Å². The van der Waals surface area contributed by atoms with E-state index in [1.54, 1.807) is 6.07 Å². The highest BCUT2D eigenvalue weighted by atomic mass is 35.5. The summed E-state index contributed by atoms with van der Waals surface area (Å²) in [5.41, 5.74) is 6.07. The number of piperidine rings is 1. The van der Waals surface area contributed by atoms with E-state index in [1.807, 2.05) is 4.90 Å². The van der Waals surface area contributed by atoms with E-state index in [9.17, 15) is 14.0 Å². The van der Waals surface area contributed by atoms with Gasteiger partial charge < -0.3 is 10.6 Å². The first-order valence-corrected chi connectivity index (χ1v) is 8.66. The van der Waals surface area contributed by atoms with Crippen LogP contribution in [0.15, 0.2) is 23.1 Å². The van der Waals surface area contributed by atoms with Crippen LogP contribution >= 0.6 is 24.2 Å². The van der Waals surface area contributed by atoms with Crippen molar-refractivity contribution in [1.29, 1.82) is 0 Å². The van der Waals surface area contributed by atoms with Crippen molar-refractivity contribution in [2.45, 2.75) is 38.1 Å². The quantitative estimate of drug-likeness (QED) is 0.649. The Hall–Kier alpha value is -1.11. The van der Waals surface area contributed by atoms with Gasteiger partial charge in [-0.1, -0.05) is 13.8 Å². The van der Waals surface area contributed by atoms with Gasteiger partial charge in [0.2, 0.25) is 5.91 Å². The average Bonchev–Trinajstić information content (AvgIpc) is 2.47. The van der Waals surface area contributed by atoms with E-state index in [0.29, 0.717) is 18.0 Å². The molecular formula is C17H24ClFN2O2S. The van der Waals surface area contributed by atoms with Gasteiger partial charge in [-0.05, 0) is 37.0 Å². The molecule has 2 rings (SSSR count). The first-order chi connectivity index (χ1) is 10.7. The second-order valence-corrected chi connectivity index (χ2v) is 7.73. The van der Waals surface area contributed by atoms with Gasteiger partial charge in [0.1, 0.15) is 5.82 Å². The van der Waals surface area contributed by atoms with Crippen LogP contribution in [-0.2, 0) is 4.79 Å². The monoisotopic (exact) mass is 374 g/mol. The number of hydrogen-bond donors (Lipinski definition) is 1. The zero-order valence-electron chi connectivity index (χ0n) is 14.2. The normalized spacial score (nSPS) is 19.5. The zero-order valence-corrected chi connectivity index (χ0v) is 15.8. The second kappa shape index (κ2) is 8.32. The van der Waals surface area contributed by atoms with Gasteiger partial charge in [0, 0.05) is 24.0 Å². The Morgan fingerprint density at radius 3 is 2.62 bits per heavy atom. The topological polar surface area (TPSA) is 63.4 Å². The van der Waals surface area contributed by atoms with Crippen molar-refractivity contribution in [1.82, 2.24) is 4.90 Å². The molecule has 0 radical (unpaired) electrons. The number of rotatable bonds is 4. The fourth-order valence-electron chi connectivity index (χ4n) is 2.69. The number of Topliss-reactive ketones (excluding diaryl/α,β-unsaturated/α-hetero) is 1. The summed E-state index contributed by atoms with van der Waals surface area (Å²) in [5, 5.41) is 0. The van der Waals surface area contributed by atoms with Crippen molar-refractivity contribution in [3.63, 3.8) is 0 Å². The van der Waals surface area contributed by atoms with E-state index >= 15 is 0 Å². The van der Waals surface area contributed by atoms with Crippen LogP contribution in [0.5, 0.6) is 0 Å². The van der Waals surface area contributed by atoms with Gasteiger partial charge in [0.15, 0.2) is 5.78 Å². The molecule has 1 fully saturated rings. The number of amides is 1. The molecule has 1 atom stereocenters. The maximum Gasteiger partial charge on any atom is 0.232 e. The van der Waals surface area contributed by atoms with Crippen LogP contribution in [0, 0.1) is 11.2 Å². The van der Waals surface area contributed by atoms with Gasteiger partial charge in [-0.2, -0.15) is 0 Å². The molecule has 0 aromatic heterocycles. The third-order valence-corrected chi connectivity index (χ3v) is 5.33. The molecule has 1 aromatic rings. The fraction of sp³-hybridized carbons (Fsp3) is 0.529. The van der Waals surface area contributed by atoms with Gasteiger partial charge in [0.05, 0.1) is 11.3 Å². The molecule has 4 nitrogen and oxygen atoms in total. The standard InChI is InChI=1S/C17H23FN2O2S.ClH/c1-11(21)13-5-4-12(8-14(13)18)23-9-16(22)20-7-6-15(19)17(2,3)10-20;/h4-5,8,15H,6-7,9-10,19H2,1-3H3;1H. The number of benzene rings is 1. The number of likely N-dealkylation sites (tertiary alicyclic amines) is 1. The fourth-order valence-corrected chi connectivity index (χ4v) is 3.52. The van der Waals surface area contributed by atoms with Crippen LogP contribution in [0.25, 0.3) is 0 Å². The predicted octanol–water partition coefficient (Wildman–Crippen LogP) is 3.13. The highest BCUT2D eigenvalue weighted by Crippen LogP contribution is 2.29. The summed E-state index contributed by atoms with van der Waals surface area (Å²) in [6.45, 7) is 6.78. The lowest BCUT2D eigenvalue weighted by Gasteiger charge is -2.42. The zero-order chi connectivity index (χ0) is 17.2. The summed E-state index contributed by atoms with van der Waals surface area (Å²) < 4.78 is 13.8. The molecule has 1 unspecified atom stereocenters. The lowest BCUT2D eigenvalue weighted by atomic mass is 9.80. The van der Waals surface area contributed by atoms with Crippen molar-refractivity contribution < 1.29 is 14.0 Å². The van der Waals surface area contributed by atoms with Gasteiger partial charge >= 0.3 is 0 Å². The van der Waals surface area contributed by atoms with E-state index in [-0.39, 0.29) is 46.9 Å². The molecule has 0 saturated carbocycles. The van der Waals surface area contributed by atoms with Crippen molar-refractivity contribution in [3.8, 4) is 0 Å². The molecule has 0 bridgehead atoms. The van der Waals surface area contributed by atoms with Gasteiger partial charge in [0.25, 0.3) is 0 Å². The maximum atomic E-state index is 13.8. The highest BCUT2D eigenvalue weighted by Gasteiger charge is 2.35. The van der Waals surface area contributed by atoms with Gasteiger partial charge in [-0.3, -0.25) is 9.59 Å². The van der Waals surface area contributed by atoms with Crippen molar-refractivity contribution >= 4 is 35.9 Å². The van der Waals surface area contributed by atoms with Crippen LogP contribution in [0.1, 0.15) is 37.6 Å². The molecular weight excluding hydrogens is 351 g/mol. The van der Waals surface area contributed by atoms with Gasteiger partial charge in [-0.25, -0.2) is 4.39 Å². The minimum absolute atomic E-state index is 0. The van der Waals surface area contributed by atoms with Crippen LogP contribution < -0.4 is 5.73 Å². The molecule has 0 aliphatic carbocycles. The lowest BCUT2D eigenvalue weighted by molar-refractivity contribution is -0.131. The lowest BCUT2D eigenvalue weighted by Crippen LogP contribution is -2.54. The van der Waals surface area contributed by atoms with Crippen molar-refractivity contribution in [2.75, 3.05) is 18.8 Å². The molecule has 1 aliphatic rings. The van der Waals surface area contributed by atoms with Crippen molar-refractivity contribution in [3.05, 3.63) is 29.6 Å². The number of ketones is 1. The Bertz CT molecular complexity index is 625. The number of thioether (sulfide) groups is 1. The molecule has 134 valence electrons. The highest BCUT2D eigenvalue weighted by molar-refractivity contribution is 8.00. The van der Waals surface area contributed by atoms with E-state index in [4.69, 9.17) is 5.73 Å². The maximum absolute atomic E-state index is 13.8. The molecule has 24 heavy (non-hydrogen) atoms. The molecule has 0 spiro atoms. The summed E-state index contributed by atoms with van der Waals surface area (Å²) in [7, 11) is 0. The molecule has 2 N–H and O–H groups in total. The van der Waals surface area contributed by atoms with Crippen LogP contribution in [0.2, 0.25) is 0 Å². The molecule has 1 aromatic carbocycles. The van der Waals surface area contributed by atoms with E-state index in [1.165, 1.54) is 30.8 Å². The van der Waals surface area contributed by atoms with Crippen LogP contribution in [0.3, 0.4) is 0 Å². The Balaban J connectivity index is 0.00000288. The van der Waals surface area contributed by atoms with Gasteiger partial charge in [-0.15, -0.1) is 24.2 Å². The van der Waals surface area contributed by atoms with E-state index in [2.05, 4.69) is 13.8 Å². The molecule has 1 heterocycles. The van der Waals surface area contributed by atoms with E-state index < -0.39 is 5.82 Å². The molecule has 1 aliphatic heterocycles. The summed E-state index contributed by atoms with van der Waals surface area (Å²) in [4.78, 5) is 26.0. The molecule has 1 amide bonds. The number of nitrogens with zero attached hydrogens (tertiary/aromatic N) is 1. The Morgan fingerprint density at radius 1 is 1.42 bits per heavy atom. The smallest absolute Gasteiger partial charge is 0.232 e.